The van der Waals surface area contributed by atoms with Crippen LogP contribution in [-0.4, -0.2) is 49.1 Å². The summed E-state index contributed by atoms with van der Waals surface area (Å²) in [6.45, 7) is -0.590. The fourth-order valence-corrected chi connectivity index (χ4v) is 6.23. The van der Waals surface area contributed by atoms with Gasteiger partial charge in [0, 0.05) is 17.0 Å². The zero-order valence-electron chi connectivity index (χ0n) is 19.8. The molecule has 0 saturated heterocycles. The molecule has 0 spiro atoms. The average molecular weight is 519 g/mol. The lowest BCUT2D eigenvalue weighted by Gasteiger charge is -2.74. The molecule has 0 amide bonds. The Morgan fingerprint density at radius 3 is 2.38 bits per heavy atom. The van der Waals surface area contributed by atoms with Crippen molar-refractivity contribution in [2.24, 2.45) is 11.3 Å². The zero-order chi connectivity index (χ0) is 26.1. The first-order valence-electron chi connectivity index (χ1n) is 12.3. The molecule has 4 aliphatic rings. The second-order valence-electron chi connectivity index (χ2n) is 10.9. The molecule has 37 heavy (non-hydrogen) atoms. The Kier molecular flexibility index (Phi) is 5.40. The highest BCUT2D eigenvalue weighted by Crippen LogP contribution is 2.80. The van der Waals surface area contributed by atoms with Gasteiger partial charge in [-0.05, 0) is 83.7 Å². The lowest BCUT2D eigenvalue weighted by atomic mass is 9.30. The largest absolute Gasteiger partial charge is 0.491 e. The minimum absolute atomic E-state index is 0.105. The van der Waals surface area contributed by atoms with Crippen LogP contribution < -0.4 is 4.74 Å². The Hall–Kier alpha value is -3.05. The quantitative estimate of drug-likeness (QED) is 0.397. The number of benzene rings is 2. The lowest BCUT2D eigenvalue weighted by molar-refractivity contribution is -0.347. The summed E-state index contributed by atoms with van der Waals surface area (Å²) >= 11 is 0. The van der Waals surface area contributed by atoms with Crippen molar-refractivity contribution in [2.75, 3.05) is 6.61 Å². The molecular formula is C26H26F4N4O3. The van der Waals surface area contributed by atoms with Crippen LogP contribution in [0.5, 0.6) is 5.75 Å². The Bertz CT molecular complexity index is 1280. The molecule has 2 aromatic carbocycles. The number of ether oxygens (including phenoxy) is 1. The van der Waals surface area contributed by atoms with Gasteiger partial charge in [-0.3, -0.25) is 0 Å². The minimum Gasteiger partial charge on any atom is -0.491 e. The fourth-order valence-electron chi connectivity index (χ4n) is 6.23. The van der Waals surface area contributed by atoms with Crippen molar-refractivity contribution in [2.45, 2.75) is 61.7 Å². The molecule has 4 aliphatic carbocycles. The number of tetrazole rings is 1. The minimum atomic E-state index is -3.77. The highest BCUT2D eigenvalue weighted by Gasteiger charge is 2.82. The smallest absolute Gasteiger partial charge is 0.287 e. The van der Waals surface area contributed by atoms with Gasteiger partial charge in [-0.2, -0.15) is 0 Å². The second-order valence-corrected chi connectivity index (χ2v) is 10.9. The van der Waals surface area contributed by atoms with E-state index in [2.05, 4.69) is 15.5 Å². The molecule has 0 unspecified atom stereocenters. The molecule has 2 bridgehead atoms. The summed E-state index contributed by atoms with van der Waals surface area (Å²) < 4.78 is 67.4. The highest BCUT2D eigenvalue weighted by molar-refractivity contribution is 5.44. The van der Waals surface area contributed by atoms with E-state index in [-0.39, 0.29) is 25.9 Å². The van der Waals surface area contributed by atoms with E-state index in [4.69, 9.17) is 4.74 Å². The number of aliphatic hydroxyl groups excluding tert-OH is 1. The summed E-state index contributed by atoms with van der Waals surface area (Å²) in [5.74, 6) is -5.07. The highest BCUT2D eigenvalue weighted by atomic mass is 19.3. The molecule has 2 atom stereocenters. The molecule has 4 saturated carbocycles. The predicted molar refractivity (Wildman–Crippen MR) is 122 cm³/mol. The monoisotopic (exact) mass is 518 g/mol. The number of aromatic nitrogens is 4. The zero-order valence-corrected chi connectivity index (χ0v) is 19.8. The van der Waals surface area contributed by atoms with Crippen molar-refractivity contribution in [3.05, 3.63) is 71.6 Å². The maximum atomic E-state index is 16.3. The molecule has 7 nitrogen and oxygen atoms in total. The maximum Gasteiger partial charge on any atom is 0.287 e. The topological polar surface area (TPSA) is 93.3 Å². The Morgan fingerprint density at radius 2 is 1.78 bits per heavy atom. The molecule has 1 heterocycles. The molecule has 4 fully saturated rings. The lowest BCUT2D eigenvalue weighted by Crippen LogP contribution is -2.76. The first kappa shape index (κ1) is 24.3. The normalized spacial score (nSPS) is 27.1. The molecule has 2 N–H and O–H groups in total. The number of hydrogen-bond donors (Lipinski definition) is 2. The van der Waals surface area contributed by atoms with E-state index in [9.17, 15) is 19.0 Å². The Balaban J connectivity index is 1.21. The van der Waals surface area contributed by atoms with Gasteiger partial charge in [-0.1, -0.05) is 12.1 Å². The predicted octanol–water partition coefficient (Wildman–Crippen LogP) is 3.75. The molecule has 11 heteroatoms. The molecular weight excluding hydrogens is 492 g/mol. The van der Waals surface area contributed by atoms with Crippen molar-refractivity contribution in [3.8, 4) is 5.75 Å². The van der Waals surface area contributed by atoms with Crippen LogP contribution in [0.25, 0.3) is 0 Å². The summed E-state index contributed by atoms with van der Waals surface area (Å²) in [5.41, 5.74) is -4.85. The van der Waals surface area contributed by atoms with Gasteiger partial charge in [0.05, 0.1) is 12.6 Å². The molecule has 1 aromatic heterocycles. The van der Waals surface area contributed by atoms with E-state index >= 15 is 8.78 Å². The van der Waals surface area contributed by atoms with Crippen LogP contribution in [-0.2, 0) is 17.6 Å². The van der Waals surface area contributed by atoms with Crippen LogP contribution in [0.2, 0.25) is 0 Å². The van der Waals surface area contributed by atoms with E-state index in [0.29, 0.717) is 17.7 Å². The van der Waals surface area contributed by atoms with E-state index in [1.165, 1.54) is 0 Å². The molecule has 0 radical (unpaired) electrons. The third-order valence-electron chi connectivity index (χ3n) is 8.43. The Labute approximate surface area is 210 Å². The van der Waals surface area contributed by atoms with Crippen LogP contribution in [0, 0.1) is 23.0 Å². The molecule has 7 rings (SSSR count). The molecule has 3 aromatic rings. The summed E-state index contributed by atoms with van der Waals surface area (Å²) in [6.07, 6.45) is 2.90. The van der Waals surface area contributed by atoms with E-state index < -0.39 is 52.2 Å². The van der Waals surface area contributed by atoms with Crippen LogP contribution >= 0.6 is 0 Å². The third-order valence-corrected chi connectivity index (χ3v) is 8.43. The van der Waals surface area contributed by atoms with Crippen molar-refractivity contribution in [1.29, 1.82) is 0 Å². The standard InChI is InChI=1S/C26H26F4N4O3/c27-18-5-8-20(21(28)9-18)25(36,14-34-15-31-32-33-34)26(29,30)24-11-23(12-24,13-24)17-3-6-19(7-4-17)37-10-22(35)16-1-2-16/h3-9,15-16,22,35-36H,1-2,10-14H2/t22-,23?,24?,25+/m1/s1. The van der Waals surface area contributed by atoms with Gasteiger partial charge in [0.15, 0.2) is 5.60 Å². The fraction of sp³-hybridized carbons (Fsp3) is 0.500. The van der Waals surface area contributed by atoms with E-state index in [1.54, 1.807) is 12.1 Å². The summed E-state index contributed by atoms with van der Waals surface area (Å²) in [5, 5.41) is 31.8. The van der Waals surface area contributed by atoms with Crippen molar-refractivity contribution >= 4 is 0 Å². The summed E-state index contributed by atoms with van der Waals surface area (Å²) in [6, 6.07) is 9.38. The molecule has 0 aliphatic heterocycles. The van der Waals surface area contributed by atoms with Crippen molar-refractivity contribution in [3.63, 3.8) is 0 Å². The number of alkyl halides is 2. The van der Waals surface area contributed by atoms with Gasteiger partial charge in [-0.25, -0.2) is 22.2 Å². The number of halogens is 4. The van der Waals surface area contributed by atoms with E-state index in [1.807, 2.05) is 12.1 Å². The number of nitrogens with zero attached hydrogens (tertiary/aromatic N) is 4. The van der Waals surface area contributed by atoms with Crippen LogP contribution in [0.3, 0.4) is 0 Å². The summed E-state index contributed by atoms with van der Waals surface area (Å²) in [7, 11) is 0. The van der Waals surface area contributed by atoms with Gasteiger partial charge in [0.1, 0.15) is 30.3 Å². The average Bonchev–Trinajstić information content (AvgIpc) is 3.53. The Morgan fingerprint density at radius 1 is 1.08 bits per heavy atom. The first-order chi connectivity index (χ1) is 17.6. The SMILES string of the molecule is O[C@H](COc1ccc(C23CC(C(F)(F)[C@](O)(Cn4cnnn4)c4ccc(F)cc4F)(C2)C3)cc1)C1CC1. The van der Waals surface area contributed by atoms with Crippen LogP contribution in [0.15, 0.2) is 48.8 Å². The van der Waals surface area contributed by atoms with Crippen molar-refractivity contribution in [1.82, 2.24) is 20.2 Å². The van der Waals surface area contributed by atoms with Gasteiger partial charge in [0.2, 0.25) is 0 Å². The second kappa shape index (κ2) is 8.22. The maximum absolute atomic E-state index is 16.3. The van der Waals surface area contributed by atoms with Crippen LogP contribution in [0.4, 0.5) is 17.6 Å². The molecule has 196 valence electrons. The number of aliphatic hydroxyl groups is 2. The van der Waals surface area contributed by atoms with Crippen LogP contribution in [0.1, 0.15) is 43.2 Å². The number of hydrogen-bond acceptors (Lipinski definition) is 6. The number of rotatable bonds is 10. The first-order valence-corrected chi connectivity index (χ1v) is 12.3. The summed E-state index contributed by atoms with van der Waals surface area (Å²) in [4.78, 5) is 0. The van der Waals surface area contributed by atoms with Gasteiger partial charge >= 0.3 is 0 Å². The van der Waals surface area contributed by atoms with E-state index in [0.717, 1.165) is 41.5 Å². The van der Waals surface area contributed by atoms with Gasteiger partial charge in [-0.15, -0.1) is 5.10 Å². The third kappa shape index (κ3) is 3.73. The van der Waals surface area contributed by atoms with Crippen molar-refractivity contribution < 1.29 is 32.5 Å². The van der Waals surface area contributed by atoms with Gasteiger partial charge in [0.25, 0.3) is 5.92 Å². The van der Waals surface area contributed by atoms with Gasteiger partial charge < -0.3 is 14.9 Å².